The number of nitrogens with zero attached hydrogens (tertiary/aromatic N) is 1. The second-order valence-corrected chi connectivity index (χ2v) is 6.17. The predicted molar refractivity (Wildman–Crippen MR) is 123 cm³/mol. The van der Waals surface area contributed by atoms with Crippen molar-refractivity contribution in [3.63, 3.8) is 0 Å². The molecule has 1 unspecified atom stereocenters. The molecule has 27 heavy (non-hydrogen) atoms. The van der Waals surface area contributed by atoms with Gasteiger partial charge in [0.15, 0.2) is 5.96 Å². The van der Waals surface area contributed by atoms with Gasteiger partial charge in [0.05, 0.1) is 14.2 Å². The van der Waals surface area contributed by atoms with E-state index in [1.807, 2.05) is 30.3 Å². The van der Waals surface area contributed by atoms with E-state index in [9.17, 15) is 0 Å². The zero-order valence-electron chi connectivity index (χ0n) is 16.5. The van der Waals surface area contributed by atoms with Gasteiger partial charge in [-0.2, -0.15) is 0 Å². The molecule has 0 aliphatic heterocycles. The highest BCUT2D eigenvalue weighted by molar-refractivity contribution is 14.0. The van der Waals surface area contributed by atoms with E-state index in [-0.39, 0.29) is 24.0 Å². The largest absolute Gasteiger partial charge is 0.497 e. The Bertz CT molecular complexity index is 705. The molecule has 0 heterocycles. The lowest BCUT2D eigenvalue weighted by Gasteiger charge is -2.16. The van der Waals surface area contributed by atoms with Crippen molar-refractivity contribution in [3.8, 4) is 11.5 Å². The Hall–Kier alpha value is -1.96. The topological polar surface area (TPSA) is 54.9 Å². The van der Waals surface area contributed by atoms with Crippen molar-refractivity contribution < 1.29 is 9.47 Å². The van der Waals surface area contributed by atoms with Gasteiger partial charge in [0.1, 0.15) is 11.5 Å². The molecule has 2 N–H and O–H groups in total. The third kappa shape index (κ3) is 7.66. The second kappa shape index (κ2) is 12.4. The Morgan fingerprint density at radius 1 is 1.00 bits per heavy atom. The SMILES string of the molecule is CN=C(NCCC(C)c1ccc(OC)cc1)NCc1cccc(OC)c1.I. The molecule has 0 spiro atoms. The molecule has 148 valence electrons. The highest BCUT2D eigenvalue weighted by atomic mass is 127. The second-order valence-electron chi connectivity index (χ2n) is 6.17. The minimum absolute atomic E-state index is 0. The zero-order valence-corrected chi connectivity index (χ0v) is 18.8. The van der Waals surface area contributed by atoms with Crippen LogP contribution in [0.5, 0.6) is 11.5 Å². The molecule has 1 atom stereocenters. The molecule has 0 fully saturated rings. The number of benzene rings is 2. The van der Waals surface area contributed by atoms with Gasteiger partial charge in [0.25, 0.3) is 0 Å². The van der Waals surface area contributed by atoms with E-state index in [1.165, 1.54) is 5.56 Å². The van der Waals surface area contributed by atoms with Crippen LogP contribution in [0.2, 0.25) is 0 Å². The van der Waals surface area contributed by atoms with E-state index in [0.717, 1.165) is 36.0 Å². The summed E-state index contributed by atoms with van der Waals surface area (Å²) in [5.74, 6) is 3.02. The van der Waals surface area contributed by atoms with Crippen LogP contribution in [-0.2, 0) is 6.54 Å². The average Bonchev–Trinajstić information content (AvgIpc) is 2.70. The fourth-order valence-electron chi connectivity index (χ4n) is 2.70. The maximum absolute atomic E-state index is 5.25. The number of hydrogen-bond donors (Lipinski definition) is 2. The van der Waals surface area contributed by atoms with Crippen molar-refractivity contribution in [2.24, 2.45) is 4.99 Å². The summed E-state index contributed by atoms with van der Waals surface area (Å²) in [6.07, 6.45) is 1.02. The van der Waals surface area contributed by atoms with Gasteiger partial charge in [-0.05, 0) is 47.7 Å². The van der Waals surface area contributed by atoms with E-state index in [4.69, 9.17) is 9.47 Å². The van der Waals surface area contributed by atoms with Crippen LogP contribution in [0, 0.1) is 0 Å². The normalized spacial score (nSPS) is 11.9. The molecular formula is C21H30IN3O2. The first-order valence-corrected chi connectivity index (χ1v) is 8.87. The van der Waals surface area contributed by atoms with Crippen LogP contribution in [0.25, 0.3) is 0 Å². The summed E-state index contributed by atoms with van der Waals surface area (Å²) in [6, 6.07) is 16.3. The van der Waals surface area contributed by atoms with Crippen LogP contribution < -0.4 is 20.1 Å². The fourth-order valence-corrected chi connectivity index (χ4v) is 2.70. The molecule has 0 bridgehead atoms. The standard InChI is InChI=1S/C21H29N3O2.HI/c1-16(18-8-10-19(25-3)11-9-18)12-13-23-21(22-2)24-15-17-6-5-7-20(14-17)26-4;/h5-11,14,16H,12-13,15H2,1-4H3,(H2,22,23,24);1H. The lowest BCUT2D eigenvalue weighted by atomic mass is 9.98. The highest BCUT2D eigenvalue weighted by Gasteiger charge is 2.06. The number of rotatable bonds is 8. The Kier molecular flexibility index (Phi) is 10.6. The smallest absolute Gasteiger partial charge is 0.191 e. The van der Waals surface area contributed by atoms with E-state index in [0.29, 0.717) is 12.5 Å². The molecule has 2 aromatic rings. The van der Waals surface area contributed by atoms with Crippen molar-refractivity contribution in [1.29, 1.82) is 0 Å². The maximum atomic E-state index is 5.25. The maximum Gasteiger partial charge on any atom is 0.191 e. The molecule has 0 amide bonds. The summed E-state index contributed by atoms with van der Waals surface area (Å²) in [5, 5.41) is 6.71. The number of halogens is 1. The molecule has 5 nitrogen and oxygen atoms in total. The van der Waals surface area contributed by atoms with Crippen molar-refractivity contribution in [2.45, 2.75) is 25.8 Å². The quantitative estimate of drug-likeness (QED) is 0.336. The van der Waals surface area contributed by atoms with Crippen LogP contribution >= 0.6 is 24.0 Å². The third-order valence-corrected chi connectivity index (χ3v) is 4.37. The van der Waals surface area contributed by atoms with Crippen LogP contribution in [0.3, 0.4) is 0 Å². The van der Waals surface area contributed by atoms with Crippen molar-refractivity contribution in [3.05, 3.63) is 59.7 Å². The minimum Gasteiger partial charge on any atom is -0.497 e. The van der Waals surface area contributed by atoms with Crippen LogP contribution in [0.4, 0.5) is 0 Å². The molecule has 0 radical (unpaired) electrons. The monoisotopic (exact) mass is 483 g/mol. The van der Waals surface area contributed by atoms with Crippen LogP contribution in [0.1, 0.15) is 30.4 Å². The number of ether oxygens (including phenoxy) is 2. The Balaban J connectivity index is 0.00000364. The first kappa shape index (κ1) is 23.1. The lowest BCUT2D eigenvalue weighted by Crippen LogP contribution is -2.37. The van der Waals surface area contributed by atoms with E-state index >= 15 is 0 Å². The molecule has 2 aromatic carbocycles. The van der Waals surface area contributed by atoms with Crippen LogP contribution in [0.15, 0.2) is 53.5 Å². The van der Waals surface area contributed by atoms with Crippen LogP contribution in [-0.4, -0.2) is 33.8 Å². The minimum atomic E-state index is 0. The summed E-state index contributed by atoms with van der Waals surface area (Å²) in [5.41, 5.74) is 2.46. The van der Waals surface area contributed by atoms with Gasteiger partial charge in [-0.15, -0.1) is 24.0 Å². The van der Waals surface area contributed by atoms with E-state index in [1.54, 1.807) is 21.3 Å². The summed E-state index contributed by atoms with van der Waals surface area (Å²) in [6.45, 7) is 3.78. The Morgan fingerprint density at radius 2 is 1.70 bits per heavy atom. The summed E-state index contributed by atoms with van der Waals surface area (Å²) in [7, 11) is 5.15. The van der Waals surface area contributed by atoms with Crippen molar-refractivity contribution in [1.82, 2.24) is 10.6 Å². The molecule has 2 rings (SSSR count). The number of guanidine groups is 1. The van der Waals surface area contributed by atoms with Gasteiger partial charge in [0, 0.05) is 20.1 Å². The molecule has 0 aliphatic carbocycles. The Morgan fingerprint density at radius 3 is 2.33 bits per heavy atom. The zero-order chi connectivity index (χ0) is 18.8. The third-order valence-electron chi connectivity index (χ3n) is 4.37. The first-order valence-electron chi connectivity index (χ1n) is 8.87. The summed E-state index contributed by atoms with van der Waals surface area (Å²) in [4.78, 5) is 4.28. The molecule has 0 aromatic heterocycles. The molecular weight excluding hydrogens is 453 g/mol. The van der Waals surface area contributed by atoms with Crippen molar-refractivity contribution in [2.75, 3.05) is 27.8 Å². The van der Waals surface area contributed by atoms with E-state index < -0.39 is 0 Å². The highest BCUT2D eigenvalue weighted by Crippen LogP contribution is 2.21. The summed E-state index contributed by atoms with van der Waals surface area (Å²) >= 11 is 0. The first-order chi connectivity index (χ1) is 12.7. The van der Waals surface area contributed by atoms with Gasteiger partial charge in [-0.25, -0.2) is 0 Å². The molecule has 0 saturated carbocycles. The van der Waals surface area contributed by atoms with Gasteiger partial charge in [-0.1, -0.05) is 31.2 Å². The number of aliphatic imine (C=N–C) groups is 1. The van der Waals surface area contributed by atoms with Crippen molar-refractivity contribution >= 4 is 29.9 Å². The lowest BCUT2D eigenvalue weighted by molar-refractivity contribution is 0.414. The van der Waals surface area contributed by atoms with E-state index in [2.05, 4.69) is 40.7 Å². The average molecular weight is 483 g/mol. The van der Waals surface area contributed by atoms with Gasteiger partial charge in [0.2, 0.25) is 0 Å². The van der Waals surface area contributed by atoms with Gasteiger partial charge in [-0.3, -0.25) is 4.99 Å². The predicted octanol–water partition coefficient (Wildman–Crippen LogP) is 4.18. The number of nitrogens with one attached hydrogen (secondary N) is 2. The number of methoxy groups -OCH3 is 2. The van der Waals surface area contributed by atoms with Gasteiger partial charge < -0.3 is 20.1 Å². The fraction of sp³-hybridized carbons (Fsp3) is 0.381. The molecule has 6 heteroatoms. The Labute approximate surface area is 179 Å². The molecule has 0 aliphatic rings. The molecule has 0 saturated heterocycles. The number of hydrogen-bond acceptors (Lipinski definition) is 3. The van der Waals surface area contributed by atoms with Gasteiger partial charge >= 0.3 is 0 Å². The summed E-state index contributed by atoms with van der Waals surface area (Å²) < 4.78 is 10.5.